The standard InChI is InChI=1S/C12H11NO5/c1-7(11(15)16)6-10(14)13-9-4-2-8(3-5-9)12(17)18/h2-6H,1H3,(H,13,14)(H,15,16)(H,17,18)/b7-6-. The van der Waals surface area contributed by atoms with Gasteiger partial charge in [-0.2, -0.15) is 0 Å². The molecular weight excluding hydrogens is 238 g/mol. The fourth-order valence-corrected chi connectivity index (χ4v) is 1.13. The predicted molar refractivity (Wildman–Crippen MR) is 63.4 cm³/mol. The van der Waals surface area contributed by atoms with E-state index >= 15 is 0 Å². The lowest BCUT2D eigenvalue weighted by molar-refractivity contribution is -0.132. The van der Waals surface area contributed by atoms with Crippen LogP contribution < -0.4 is 5.32 Å². The van der Waals surface area contributed by atoms with Crippen LogP contribution >= 0.6 is 0 Å². The van der Waals surface area contributed by atoms with E-state index in [1.807, 2.05) is 0 Å². The van der Waals surface area contributed by atoms with E-state index in [9.17, 15) is 14.4 Å². The molecule has 6 nitrogen and oxygen atoms in total. The van der Waals surface area contributed by atoms with Crippen LogP contribution in [0.1, 0.15) is 17.3 Å². The minimum Gasteiger partial charge on any atom is -0.478 e. The molecule has 0 heterocycles. The Labute approximate surface area is 103 Å². The second-order valence-corrected chi connectivity index (χ2v) is 3.50. The highest BCUT2D eigenvalue weighted by atomic mass is 16.4. The fourth-order valence-electron chi connectivity index (χ4n) is 1.13. The molecule has 0 saturated heterocycles. The lowest BCUT2D eigenvalue weighted by atomic mass is 10.2. The summed E-state index contributed by atoms with van der Waals surface area (Å²) in [5.74, 6) is -2.82. The number of carbonyl (C=O) groups excluding carboxylic acids is 1. The molecule has 1 rings (SSSR count). The van der Waals surface area contributed by atoms with Gasteiger partial charge in [0.15, 0.2) is 0 Å². The first-order chi connectivity index (χ1) is 8.40. The third-order valence-corrected chi connectivity index (χ3v) is 2.08. The van der Waals surface area contributed by atoms with E-state index in [0.29, 0.717) is 5.69 Å². The van der Waals surface area contributed by atoms with Crippen molar-refractivity contribution in [2.45, 2.75) is 6.92 Å². The molecule has 0 atom stereocenters. The molecule has 1 aromatic rings. The zero-order valence-corrected chi connectivity index (χ0v) is 9.51. The zero-order chi connectivity index (χ0) is 13.7. The number of nitrogens with one attached hydrogen (secondary N) is 1. The minimum absolute atomic E-state index is 0.0883. The molecule has 0 unspecified atom stereocenters. The van der Waals surface area contributed by atoms with E-state index in [0.717, 1.165) is 6.08 Å². The molecule has 0 aliphatic rings. The number of hydrogen-bond acceptors (Lipinski definition) is 3. The second kappa shape index (κ2) is 5.62. The van der Waals surface area contributed by atoms with Gasteiger partial charge in [0.25, 0.3) is 0 Å². The van der Waals surface area contributed by atoms with Crippen molar-refractivity contribution in [3.8, 4) is 0 Å². The van der Waals surface area contributed by atoms with E-state index in [1.165, 1.54) is 31.2 Å². The Morgan fingerprint density at radius 2 is 1.67 bits per heavy atom. The molecule has 18 heavy (non-hydrogen) atoms. The van der Waals surface area contributed by atoms with Crippen LogP contribution in [0.15, 0.2) is 35.9 Å². The number of amides is 1. The average molecular weight is 249 g/mol. The van der Waals surface area contributed by atoms with Gasteiger partial charge < -0.3 is 15.5 Å². The Morgan fingerprint density at radius 3 is 2.11 bits per heavy atom. The molecule has 0 fully saturated rings. The number of aromatic carboxylic acids is 1. The van der Waals surface area contributed by atoms with Gasteiger partial charge in [-0.25, -0.2) is 9.59 Å². The van der Waals surface area contributed by atoms with Crippen molar-refractivity contribution in [2.75, 3.05) is 5.32 Å². The van der Waals surface area contributed by atoms with Crippen LogP contribution in [0, 0.1) is 0 Å². The van der Waals surface area contributed by atoms with Crippen molar-refractivity contribution in [2.24, 2.45) is 0 Å². The van der Waals surface area contributed by atoms with Crippen molar-refractivity contribution in [3.05, 3.63) is 41.5 Å². The Balaban J connectivity index is 2.74. The maximum absolute atomic E-state index is 11.4. The quantitative estimate of drug-likeness (QED) is 0.699. The average Bonchev–Trinajstić information content (AvgIpc) is 2.29. The van der Waals surface area contributed by atoms with E-state index in [-0.39, 0.29) is 11.1 Å². The van der Waals surface area contributed by atoms with Gasteiger partial charge in [-0.05, 0) is 31.2 Å². The Morgan fingerprint density at radius 1 is 1.11 bits per heavy atom. The third-order valence-electron chi connectivity index (χ3n) is 2.08. The number of carboxylic acid groups (broad SMARTS) is 2. The Bertz CT molecular complexity index is 516. The summed E-state index contributed by atoms with van der Waals surface area (Å²) in [6, 6.07) is 5.52. The lowest BCUT2D eigenvalue weighted by Gasteiger charge is -2.02. The van der Waals surface area contributed by atoms with Crippen LogP contribution in [0.3, 0.4) is 0 Å². The lowest BCUT2D eigenvalue weighted by Crippen LogP contribution is -2.10. The van der Waals surface area contributed by atoms with E-state index in [2.05, 4.69) is 5.32 Å². The molecule has 0 spiro atoms. The summed E-state index contributed by atoms with van der Waals surface area (Å²) in [6.45, 7) is 1.30. The van der Waals surface area contributed by atoms with Crippen LogP contribution in [-0.4, -0.2) is 28.1 Å². The van der Waals surface area contributed by atoms with Crippen LogP contribution in [0.5, 0.6) is 0 Å². The van der Waals surface area contributed by atoms with Gasteiger partial charge >= 0.3 is 11.9 Å². The maximum atomic E-state index is 11.4. The number of hydrogen-bond donors (Lipinski definition) is 3. The molecule has 94 valence electrons. The van der Waals surface area contributed by atoms with Crippen LogP contribution in [-0.2, 0) is 9.59 Å². The topological polar surface area (TPSA) is 104 Å². The largest absolute Gasteiger partial charge is 0.478 e. The first-order valence-electron chi connectivity index (χ1n) is 4.96. The number of benzene rings is 1. The minimum atomic E-state index is -1.17. The summed E-state index contributed by atoms with van der Waals surface area (Å²) in [7, 11) is 0. The van der Waals surface area contributed by atoms with E-state index in [1.54, 1.807) is 0 Å². The number of rotatable bonds is 4. The van der Waals surface area contributed by atoms with Crippen molar-refractivity contribution in [1.29, 1.82) is 0 Å². The normalized spacial score (nSPS) is 10.8. The van der Waals surface area contributed by atoms with E-state index in [4.69, 9.17) is 10.2 Å². The monoisotopic (exact) mass is 249 g/mol. The molecule has 0 aliphatic heterocycles. The number of carboxylic acids is 2. The fraction of sp³-hybridized carbons (Fsp3) is 0.0833. The van der Waals surface area contributed by atoms with Crippen molar-refractivity contribution >= 4 is 23.5 Å². The van der Waals surface area contributed by atoms with Crippen LogP contribution in [0.25, 0.3) is 0 Å². The van der Waals surface area contributed by atoms with E-state index < -0.39 is 17.8 Å². The maximum Gasteiger partial charge on any atom is 0.335 e. The summed E-state index contributed by atoms with van der Waals surface area (Å²) in [5.41, 5.74) is 0.402. The summed E-state index contributed by atoms with van der Waals surface area (Å²) < 4.78 is 0. The van der Waals surface area contributed by atoms with Gasteiger partial charge in [0.1, 0.15) is 0 Å². The molecule has 0 aromatic heterocycles. The molecule has 0 bridgehead atoms. The molecule has 1 aromatic carbocycles. The van der Waals surface area contributed by atoms with Crippen molar-refractivity contribution < 1.29 is 24.6 Å². The number of carbonyl (C=O) groups is 3. The van der Waals surface area contributed by atoms with Gasteiger partial charge in [-0.1, -0.05) is 0 Å². The first-order valence-corrected chi connectivity index (χ1v) is 4.96. The van der Waals surface area contributed by atoms with Crippen molar-refractivity contribution in [3.63, 3.8) is 0 Å². The summed E-state index contributed by atoms with van der Waals surface area (Å²) >= 11 is 0. The van der Waals surface area contributed by atoms with Crippen molar-refractivity contribution in [1.82, 2.24) is 0 Å². The number of anilines is 1. The Hall–Kier alpha value is -2.63. The third kappa shape index (κ3) is 3.75. The molecule has 0 aliphatic carbocycles. The van der Waals surface area contributed by atoms with Gasteiger partial charge in [-0.15, -0.1) is 0 Å². The van der Waals surface area contributed by atoms with Gasteiger partial charge in [-0.3, -0.25) is 4.79 Å². The summed E-state index contributed by atoms with van der Waals surface area (Å²) in [6.07, 6.45) is 0.952. The summed E-state index contributed by atoms with van der Waals surface area (Å²) in [5, 5.41) is 19.7. The molecule has 1 amide bonds. The van der Waals surface area contributed by atoms with Gasteiger partial charge in [0.2, 0.25) is 5.91 Å². The van der Waals surface area contributed by atoms with Crippen LogP contribution in [0.2, 0.25) is 0 Å². The Kier molecular flexibility index (Phi) is 4.20. The highest BCUT2D eigenvalue weighted by molar-refractivity contribution is 6.04. The van der Waals surface area contributed by atoms with Gasteiger partial charge in [0, 0.05) is 17.3 Å². The highest BCUT2D eigenvalue weighted by Gasteiger charge is 2.06. The second-order valence-electron chi connectivity index (χ2n) is 3.50. The highest BCUT2D eigenvalue weighted by Crippen LogP contribution is 2.09. The first kappa shape index (κ1) is 13.4. The molecule has 0 radical (unpaired) electrons. The van der Waals surface area contributed by atoms with Crippen LogP contribution in [0.4, 0.5) is 5.69 Å². The summed E-state index contributed by atoms with van der Waals surface area (Å²) in [4.78, 5) is 32.5. The zero-order valence-electron chi connectivity index (χ0n) is 9.51. The smallest absolute Gasteiger partial charge is 0.335 e. The van der Waals surface area contributed by atoms with Gasteiger partial charge in [0.05, 0.1) is 5.56 Å². The molecule has 0 saturated carbocycles. The molecule has 3 N–H and O–H groups in total. The molecule has 6 heteroatoms. The SMILES string of the molecule is C/C(=C/C(=O)Nc1ccc(C(=O)O)cc1)C(=O)O. The predicted octanol–water partition coefficient (Wildman–Crippen LogP) is 1.35. The molecular formula is C12H11NO5. The number of aliphatic carboxylic acids is 1.